The van der Waals surface area contributed by atoms with Gasteiger partial charge < -0.3 is 11.1 Å². The van der Waals surface area contributed by atoms with Gasteiger partial charge in [0.1, 0.15) is 11.6 Å². The van der Waals surface area contributed by atoms with E-state index in [1.807, 2.05) is 0 Å². The molecule has 1 unspecified atom stereocenters. The van der Waals surface area contributed by atoms with Crippen molar-refractivity contribution in [1.29, 1.82) is 0 Å². The van der Waals surface area contributed by atoms with Crippen LogP contribution in [-0.2, 0) is 11.3 Å². The highest BCUT2D eigenvalue weighted by Gasteiger charge is 2.25. The van der Waals surface area contributed by atoms with Gasteiger partial charge in [0.15, 0.2) is 0 Å². The second-order valence-corrected chi connectivity index (χ2v) is 5.43. The Balaban J connectivity index is 0.00000242. The SMILES string of the molecule is Cl.NCCNC(=O)C1CCCN(Cc2cc(F)cc(F)c2)C1. The summed E-state index contributed by atoms with van der Waals surface area (Å²) >= 11 is 0. The number of carbonyl (C=O) groups is 1. The van der Waals surface area contributed by atoms with E-state index in [2.05, 4.69) is 10.2 Å². The monoisotopic (exact) mass is 333 g/mol. The molecule has 1 amide bonds. The van der Waals surface area contributed by atoms with Crippen molar-refractivity contribution in [1.82, 2.24) is 10.2 Å². The Labute approximate surface area is 135 Å². The van der Waals surface area contributed by atoms with E-state index in [1.165, 1.54) is 12.1 Å². The molecule has 0 saturated carbocycles. The molecule has 0 aromatic heterocycles. The lowest BCUT2D eigenvalue weighted by molar-refractivity contribution is -0.126. The number of amides is 1. The van der Waals surface area contributed by atoms with E-state index >= 15 is 0 Å². The van der Waals surface area contributed by atoms with Crippen LogP contribution < -0.4 is 11.1 Å². The third-order valence-corrected chi connectivity index (χ3v) is 3.65. The highest BCUT2D eigenvalue weighted by atomic mass is 35.5. The van der Waals surface area contributed by atoms with Gasteiger partial charge in [0, 0.05) is 32.2 Å². The number of rotatable bonds is 5. The number of carbonyl (C=O) groups excluding carboxylic acids is 1. The fourth-order valence-electron chi connectivity index (χ4n) is 2.71. The Morgan fingerprint density at radius 3 is 2.64 bits per heavy atom. The Bertz CT molecular complexity index is 481. The molecule has 2 rings (SSSR count). The number of halogens is 3. The number of hydrogen-bond donors (Lipinski definition) is 2. The van der Waals surface area contributed by atoms with E-state index in [0.29, 0.717) is 31.7 Å². The van der Waals surface area contributed by atoms with Crippen LogP contribution in [-0.4, -0.2) is 37.0 Å². The fraction of sp³-hybridized carbons (Fsp3) is 0.533. The molecular formula is C15H22ClF2N3O. The van der Waals surface area contributed by atoms with E-state index in [9.17, 15) is 13.6 Å². The number of nitrogens with zero attached hydrogens (tertiary/aromatic N) is 1. The maximum atomic E-state index is 13.2. The fourth-order valence-corrected chi connectivity index (χ4v) is 2.71. The van der Waals surface area contributed by atoms with Gasteiger partial charge in [-0.2, -0.15) is 0 Å². The van der Waals surface area contributed by atoms with Crippen LogP contribution in [0.5, 0.6) is 0 Å². The van der Waals surface area contributed by atoms with Gasteiger partial charge in [-0.25, -0.2) is 8.78 Å². The van der Waals surface area contributed by atoms with Crippen LogP contribution in [0.25, 0.3) is 0 Å². The molecular weight excluding hydrogens is 312 g/mol. The number of hydrogen-bond acceptors (Lipinski definition) is 3. The molecule has 1 aliphatic rings. The zero-order valence-electron chi connectivity index (χ0n) is 12.4. The van der Waals surface area contributed by atoms with Gasteiger partial charge >= 0.3 is 0 Å². The second kappa shape index (κ2) is 9.02. The number of nitrogens with two attached hydrogens (primary N) is 1. The van der Waals surface area contributed by atoms with Crippen molar-refractivity contribution >= 4 is 18.3 Å². The van der Waals surface area contributed by atoms with Gasteiger partial charge in [-0.05, 0) is 37.1 Å². The van der Waals surface area contributed by atoms with Crippen molar-refractivity contribution in [2.75, 3.05) is 26.2 Å². The van der Waals surface area contributed by atoms with Crippen LogP contribution in [0.3, 0.4) is 0 Å². The molecule has 1 aromatic rings. The van der Waals surface area contributed by atoms with E-state index in [0.717, 1.165) is 25.5 Å². The van der Waals surface area contributed by atoms with Gasteiger partial charge in [0.05, 0.1) is 5.92 Å². The highest BCUT2D eigenvalue weighted by Crippen LogP contribution is 2.19. The predicted octanol–water partition coefficient (Wildman–Crippen LogP) is 1.67. The summed E-state index contributed by atoms with van der Waals surface area (Å²) in [5.41, 5.74) is 5.96. The van der Waals surface area contributed by atoms with Gasteiger partial charge in [-0.3, -0.25) is 9.69 Å². The van der Waals surface area contributed by atoms with Gasteiger partial charge in [-0.15, -0.1) is 12.4 Å². The van der Waals surface area contributed by atoms with E-state index < -0.39 is 11.6 Å². The summed E-state index contributed by atoms with van der Waals surface area (Å²) in [5.74, 6) is -1.21. The van der Waals surface area contributed by atoms with Crippen LogP contribution in [0.4, 0.5) is 8.78 Å². The molecule has 0 radical (unpaired) electrons. The largest absolute Gasteiger partial charge is 0.355 e. The molecule has 1 aromatic carbocycles. The lowest BCUT2D eigenvalue weighted by atomic mass is 9.96. The molecule has 4 nitrogen and oxygen atoms in total. The summed E-state index contributed by atoms with van der Waals surface area (Å²) in [5, 5.41) is 2.79. The normalized spacial score (nSPS) is 18.6. The van der Waals surface area contributed by atoms with E-state index in [4.69, 9.17) is 5.73 Å². The molecule has 1 saturated heterocycles. The summed E-state index contributed by atoms with van der Waals surface area (Å²) in [7, 11) is 0. The molecule has 124 valence electrons. The van der Waals surface area contributed by atoms with Crippen molar-refractivity contribution in [2.24, 2.45) is 11.7 Å². The Kier molecular flexibility index (Phi) is 7.72. The van der Waals surface area contributed by atoms with Crippen LogP contribution in [0.1, 0.15) is 18.4 Å². The first-order chi connectivity index (χ1) is 10.1. The van der Waals surface area contributed by atoms with E-state index in [1.54, 1.807) is 0 Å². The lowest BCUT2D eigenvalue weighted by Crippen LogP contribution is -2.43. The number of likely N-dealkylation sites (tertiary alicyclic amines) is 1. The maximum Gasteiger partial charge on any atom is 0.224 e. The first-order valence-electron chi connectivity index (χ1n) is 7.23. The average Bonchev–Trinajstić information content (AvgIpc) is 2.44. The smallest absolute Gasteiger partial charge is 0.224 e. The first kappa shape index (κ1) is 18.8. The number of nitrogens with one attached hydrogen (secondary N) is 1. The average molecular weight is 334 g/mol. The zero-order valence-corrected chi connectivity index (χ0v) is 13.2. The summed E-state index contributed by atoms with van der Waals surface area (Å²) < 4.78 is 26.4. The van der Waals surface area contributed by atoms with Crippen molar-refractivity contribution in [2.45, 2.75) is 19.4 Å². The quantitative estimate of drug-likeness (QED) is 0.862. The molecule has 7 heteroatoms. The Hall–Kier alpha value is -1.24. The summed E-state index contributed by atoms with van der Waals surface area (Å²) in [6.07, 6.45) is 1.74. The Morgan fingerprint density at radius 2 is 2.00 bits per heavy atom. The molecule has 22 heavy (non-hydrogen) atoms. The molecule has 1 heterocycles. The molecule has 0 bridgehead atoms. The molecule has 0 spiro atoms. The summed E-state index contributed by atoms with van der Waals surface area (Å²) in [6, 6.07) is 3.53. The predicted molar refractivity (Wildman–Crippen MR) is 83.7 cm³/mol. The standard InChI is InChI=1S/C15H21F2N3O.ClH/c16-13-6-11(7-14(17)8-13)9-20-5-1-2-12(10-20)15(21)19-4-3-18;/h6-8,12H,1-5,9-10,18H2,(H,19,21);1H. The van der Waals surface area contributed by atoms with Crippen molar-refractivity contribution in [3.8, 4) is 0 Å². The van der Waals surface area contributed by atoms with E-state index in [-0.39, 0.29) is 24.2 Å². The van der Waals surface area contributed by atoms with Crippen molar-refractivity contribution < 1.29 is 13.6 Å². The first-order valence-corrected chi connectivity index (χ1v) is 7.23. The highest BCUT2D eigenvalue weighted by molar-refractivity contribution is 5.85. The lowest BCUT2D eigenvalue weighted by Gasteiger charge is -2.32. The van der Waals surface area contributed by atoms with Gasteiger partial charge in [0.2, 0.25) is 5.91 Å². The van der Waals surface area contributed by atoms with Crippen LogP contribution in [0.2, 0.25) is 0 Å². The van der Waals surface area contributed by atoms with Crippen molar-refractivity contribution in [3.05, 3.63) is 35.4 Å². The summed E-state index contributed by atoms with van der Waals surface area (Å²) in [4.78, 5) is 14.0. The topological polar surface area (TPSA) is 58.4 Å². The number of benzene rings is 1. The minimum atomic E-state index is -0.570. The molecule has 3 N–H and O–H groups in total. The molecule has 1 aliphatic heterocycles. The number of piperidine rings is 1. The van der Waals surface area contributed by atoms with Crippen molar-refractivity contribution in [3.63, 3.8) is 0 Å². The third-order valence-electron chi connectivity index (χ3n) is 3.65. The molecule has 1 atom stereocenters. The third kappa shape index (κ3) is 5.51. The minimum Gasteiger partial charge on any atom is -0.355 e. The molecule has 1 fully saturated rings. The maximum absolute atomic E-state index is 13.2. The van der Waals surface area contributed by atoms with Crippen LogP contribution >= 0.6 is 12.4 Å². The van der Waals surface area contributed by atoms with Gasteiger partial charge in [0.25, 0.3) is 0 Å². The zero-order chi connectivity index (χ0) is 15.2. The summed E-state index contributed by atoms with van der Waals surface area (Å²) in [6.45, 7) is 2.79. The van der Waals surface area contributed by atoms with Crippen LogP contribution in [0, 0.1) is 17.6 Å². The second-order valence-electron chi connectivity index (χ2n) is 5.43. The van der Waals surface area contributed by atoms with Gasteiger partial charge in [-0.1, -0.05) is 0 Å². The van der Waals surface area contributed by atoms with Crippen LogP contribution in [0.15, 0.2) is 18.2 Å². The minimum absolute atomic E-state index is 0. The Morgan fingerprint density at radius 1 is 1.32 bits per heavy atom. The molecule has 0 aliphatic carbocycles.